The molecule has 0 bridgehead atoms. The van der Waals surface area contributed by atoms with Crippen molar-refractivity contribution in [3.8, 4) is 5.75 Å². The molecule has 1 saturated heterocycles. The molecule has 1 aliphatic carbocycles. The molecule has 0 amide bonds. The molecule has 0 radical (unpaired) electrons. The highest BCUT2D eigenvalue weighted by atomic mass is 35.5. The normalized spacial score (nSPS) is 25.0. The van der Waals surface area contributed by atoms with Crippen LogP contribution in [0.25, 0.3) is 0 Å². The number of ether oxygens (including phenoxy) is 1. The second-order valence-electron chi connectivity index (χ2n) is 7.34. The second-order valence-corrected chi connectivity index (χ2v) is 7.34. The number of piperidine rings is 1. The maximum absolute atomic E-state index is 5.35. The van der Waals surface area contributed by atoms with Crippen molar-refractivity contribution in [3.05, 3.63) is 64.7 Å². The van der Waals surface area contributed by atoms with Gasteiger partial charge in [-0.25, -0.2) is 0 Å². The summed E-state index contributed by atoms with van der Waals surface area (Å²) in [5, 5.41) is 0. The van der Waals surface area contributed by atoms with Crippen LogP contribution in [0.2, 0.25) is 0 Å². The van der Waals surface area contributed by atoms with Gasteiger partial charge in [-0.1, -0.05) is 42.8 Å². The third kappa shape index (κ3) is 3.18. The van der Waals surface area contributed by atoms with E-state index in [1.807, 2.05) is 0 Å². The SMILES string of the molecule is CCN1CC[C@H]2[C@H](c3ccc(OC)cc3)c3cc(C)ccc3[C@H]2C1.Cl. The van der Waals surface area contributed by atoms with Crippen LogP contribution in [0.1, 0.15) is 47.4 Å². The molecule has 2 aromatic carbocycles. The van der Waals surface area contributed by atoms with Crippen LogP contribution in [-0.4, -0.2) is 31.6 Å². The number of hydrogen-bond donors (Lipinski definition) is 0. The topological polar surface area (TPSA) is 12.5 Å². The fourth-order valence-electron chi connectivity index (χ4n) is 4.82. The number of halogens is 1. The van der Waals surface area contributed by atoms with E-state index in [-0.39, 0.29) is 12.4 Å². The number of likely N-dealkylation sites (N-methyl/N-ethyl adjacent to an activating group) is 1. The summed E-state index contributed by atoms with van der Waals surface area (Å²) in [7, 11) is 1.74. The molecular weight excluding hydrogens is 330 g/mol. The number of hydrogen-bond acceptors (Lipinski definition) is 2. The van der Waals surface area contributed by atoms with E-state index in [1.54, 1.807) is 18.2 Å². The van der Waals surface area contributed by atoms with Crippen molar-refractivity contribution in [1.29, 1.82) is 0 Å². The van der Waals surface area contributed by atoms with Gasteiger partial charge in [0.1, 0.15) is 5.75 Å². The Bertz CT molecular complexity index is 727. The Kier molecular flexibility index (Phi) is 5.41. The molecule has 0 spiro atoms. The van der Waals surface area contributed by atoms with Gasteiger partial charge in [0.05, 0.1) is 7.11 Å². The zero-order valence-electron chi connectivity index (χ0n) is 15.4. The van der Waals surface area contributed by atoms with Crippen LogP contribution >= 0.6 is 12.4 Å². The molecule has 0 unspecified atom stereocenters. The largest absolute Gasteiger partial charge is 0.497 e. The number of methoxy groups -OCH3 is 1. The summed E-state index contributed by atoms with van der Waals surface area (Å²) in [5.74, 6) is 2.90. The number of likely N-dealkylation sites (tertiary alicyclic amines) is 1. The maximum atomic E-state index is 5.35. The van der Waals surface area contributed by atoms with Crippen LogP contribution < -0.4 is 4.74 Å². The van der Waals surface area contributed by atoms with Crippen LogP contribution in [-0.2, 0) is 0 Å². The van der Waals surface area contributed by atoms with E-state index in [4.69, 9.17) is 4.74 Å². The molecular formula is C22H28ClNO. The number of fused-ring (bicyclic) bond motifs is 3. The van der Waals surface area contributed by atoms with Crippen molar-refractivity contribution in [2.45, 2.75) is 32.1 Å². The molecule has 0 aromatic heterocycles. The fourth-order valence-corrected chi connectivity index (χ4v) is 4.82. The standard InChI is InChI=1S/C22H27NO.ClH/c1-4-23-12-11-19-21(14-23)18-10-5-15(2)13-20(18)22(19)16-6-8-17(24-3)9-7-16;/h5-10,13,19,21-22H,4,11-12,14H2,1-3H3;1H/t19-,21-,22+;/m1./s1. The van der Waals surface area contributed by atoms with Crippen molar-refractivity contribution in [3.63, 3.8) is 0 Å². The lowest BCUT2D eigenvalue weighted by molar-refractivity contribution is 0.167. The van der Waals surface area contributed by atoms with E-state index in [1.165, 1.54) is 30.6 Å². The summed E-state index contributed by atoms with van der Waals surface area (Å²) in [6.45, 7) is 8.11. The molecule has 3 atom stereocenters. The molecule has 134 valence electrons. The minimum Gasteiger partial charge on any atom is -0.497 e. The van der Waals surface area contributed by atoms with Gasteiger partial charge in [0, 0.05) is 18.4 Å². The number of aryl methyl sites for hydroxylation is 1. The summed E-state index contributed by atoms with van der Waals surface area (Å²) in [5.41, 5.74) is 5.97. The van der Waals surface area contributed by atoms with Crippen molar-refractivity contribution in [1.82, 2.24) is 4.90 Å². The lowest BCUT2D eigenvalue weighted by atomic mass is 9.78. The van der Waals surface area contributed by atoms with E-state index < -0.39 is 0 Å². The van der Waals surface area contributed by atoms with Crippen LogP contribution in [0.3, 0.4) is 0 Å². The van der Waals surface area contributed by atoms with E-state index in [0.29, 0.717) is 11.8 Å². The van der Waals surface area contributed by atoms with Crippen LogP contribution in [0, 0.1) is 12.8 Å². The Hall–Kier alpha value is -1.51. The van der Waals surface area contributed by atoms with E-state index >= 15 is 0 Å². The molecule has 1 fully saturated rings. The zero-order valence-corrected chi connectivity index (χ0v) is 16.2. The maximum Gasteiger partial charge on any atom is 0.118 e. The molecule has 4 rings (SSSR count). The molecule has 0 saturated carbocycles. The lowest BCUT2D eigenvalue weighted by Gasteiger charge is -2.37. The van der Waals surface area contributed by atoms with E-state index in [0.717, 1.165) is 18.2 Å². The smallest absolute Gasteiger partial charge is 0.118 e. The molecule has 2 aromatic rings. The molecule has 25 heavy (non-hydrogen) atoms. The third-order valence-electron chi connectivity index (χ3n) is 6.08. The van der Waals surface area contributed by atoms with Crippen LogP contribution in [0.15, 0.2) is 42.5 Å². The summed E-state index contributed by atoms with van der Waals surface area (Å²) in [6.07, 6.45) is 1.29. The first-order chi connectivity index (χ1) is 11.7. The van der Waals surface area contributed by atoms with Crippen LogP contribution in [0.5, 0.6) is 5.75 Å². The summed E-state index contributed by atoms with van der Waals surface area (Å²) < 4.78 is 5.35. The summed E-state index contributed by atoms with van der Waals surface area (Å²) in [6, 6.07) is 15.9. The molecule has 0 N–H and O–H groups in total. The number of rotatable bonds is 3. The second kappa shape index (κ2) is 7.39. The van der Waals surface area contributed by atoms with Crippen molar-refractivity contribution in [2.75, 3.05) is 26.7 Å². The van der Waals surface area contributed by atoms with E-state index in [9.17, 15) is 0 Å². The highest BCUT2D eigenvalue weighted by Crippen LogP contribution is 2.53. The number of nitrogens with zero attached hydrogens (tertiary/aromatic N) is 1. The minimum absolute atomic E-state index is 0. The Morgan fingerprint density at radius 3 is 2.52 bits per heavy atom. The van der Waals surface area contributed by atoms with E-state index in [2.05, 4.69) is 61.2 Å². The molecule has 1 heterocycles. The Labute approximate surface area is 157 Å². The zero-order chi connectivity index (χ0) is 16.7. The van der Waals surface area contributed by atoms with Crippen molar-refractivity contribution in [2.24, 2.45) is 5.92 Å². The Balaban J connectivity index is 0.00000182. The third-order valence-corrected chi connectivity index (χ3v) is 6.08. The Morgan fingerprint density at radius 1 is 1.08 bits per heavy atom. The quantitative estimate of drug-likeness (QED) is 0.766. The molecule has 1 aliphatic heterocycles. The van der Waals surface area contributed by atoms with Crippen molar-refractivity contribution >= 4 is 12.4 Å². The molecule has 2 aliphatic rings. The molecule has 3 heteroatoms. The van der Waals surface area contributed by atoms with Gasteiger partial charge in [0.25, 0.3) is 0 Å². The average molecular weight is 358 g/mol. The predicted octanol–water partition coefficient (Wildman–Crippen LogP) is 5.00. The van der Waals surface area contributed by atoms with Gasteiger partial charge in [0.2, 0.25) is 0 Å². The summed E-state index contributed by atoms with van der Waals surface area (Å²) >= 11 is 0. The highest BCUT2D eigenvalue weighted by Gasteiger charge is 2.43. The van der Waals surface area contributed by atoms with Gasteiger partial charge in [-0.2, -0.15) is 0 Å². The first-order valence-electron chi connectivity index (χ1n) is 9.18. The minimum atomic E-state index is 0. The summed E-state index contributed by atoms with van der Waals surface area (Å²) in [4.78, 5) is 2.61. The van der Waals surface area contributed by atoms with Gasteiger partial charge >= 0.3 is 0 Å². The highest BCUT2D eigenvalue weighted by molar-refractivity contribution is 5.85. The Morgan fingerprint density at radius 2 is 1.84 bits per heavy atom. The fraction of sp³-hybridized carbons (Fsp3) is 0.455. The van der Waals surface area contributed by atoms with Crippen molar-refractivity contribution < 1.29 is 4.74 Å². The van der Waals surface area contributed by atoms with Gasteiger partial charge in [-0.05, 0) is 61.2 Å². The van der Waals surface area contributed by atoms with Crippen LogP contribution in [0.4, 0.5) is 0 Å². The van der Waals surface area contributed by atoms with Gasteiger partial charge in [-0.3, -0.25) is 0 Å². The monoisotopic (exact) mass is 357 g/mol. The molecule has 2 nitrogen and oxygen atoms in total. The average Bonchev–Trinajstić information content (AvgIpc) is 2.94. The first-order valence-corrected chi connectivity index (χ1v) is 9.18. The van der Waals surface area contributed by atoms with Gasteiger partial charge in [0.15, 0.2) is 0 Å². The predicted molar refractivity (Wildman–Crippen MR) is 106 cm³/mol. The number of benzene rings is 2. The first kappa shape index (κ1) is 18.3. The lowest BCUT2D eigenvalue weighted by Crippen LogP contribution is -2.38. The van der Waals surface area contributed by atoms with Gasteiger partial charge < -0.3 is 9.64 Å². The van der Waals surface area contributed by atoms with Gasteiger partial charge in [-0.15, -0.1) is 12.4 Å².